The SMILES string of the molecule is CC1(C)c2c[c-]c(-c3ccccn3)cc2C(C)(C)C1(C)C.CC1(C)c2cc3c(cc2C(C)(C)C1(C)C)N(c1ccccc1)[CH-]N3c1[c-]cccc1.[Ir+3]. The van der Waals surface area contributed by atoms with Crippen molar-refractivity contribution in [2.75, 3.05) is 9.80 Å². The second kappa shape index (κ2) is 12.7. The molecule has 8 rings (SSSR count). The minimum Gasteiger partial charge on any atom is -0.493 e. The number of benzene rings is 4. The van der Waals surface area contributed by atoms with Crippen molar-refractivity contribution in [2.24, 2.45) is 10.8 Å². The van der Waals surface area contributed by atoms with Gasteiger partial charge in [0.05, 0.1) is 0 Å². The van der Waals surface area contributed by atoms with Crippen LogP contribution in [0.5, 0.6) is 0 Å². The molecule has 0 unspecified atom stereocenters. The Hall–Kier alpha value is -3.72. The predicted octanol–water partition coefficient (Wildman–Crippen LogP) is 12.6. The van der Waals surface area contributed by atoms with Gasteiger partial charge in [-0.25, -0.2) is 0 Å². The summed E-state index contributed by atoms with van der Waals surface area (Å²) < 4.78 is 0. The summed E-state index contributed by atoms with van der Waals surface area (Å²) in [5.74, 6) is 0. The maximum absolute atomic E-state index is 4.46. The minimum atomic E-state index is 0. The third kappa shape index (κ3) is 5.34. The van der Waals surface area contributed by atoms with Crippen LogP contribution in [0.2, 0.25) is 0 Å². The summed E-state index contributed by atoms with van der Waals surface area (Å²) in [5.41, 5.74) is 13.3. The molecule has 0 fully saturated rings. The molecule has 270 valence electrons. The third-order valence-electron chi connectivity index (χ3n) is 14.7. The van der Waals surface area contributed by atoms with Crippen molar-refractivity contribution in [2.45, 2.75) is 105 Å². The standard InChI is InChI=1S/C28H30N2.C20H24N.Ir/c1-26(2)22-17-24-25(18-23(22)27(3,4)28(26,5)6)30(21-15-11-8-12-16-21)19-29(24)20-13-9-7-10-14-20;1-18(2)15-11-10-14(17-9-7-8-12-21-17)13-16(15)19(3,4)20(18,5)6;/h7-15,17-19H,1-6H3;7-9,11-13H,1-6H3;/q-2;-1;+3. The molecule has 0 spiro atoms. The summed E-state index contributed by atoms with van der Waals surface area (Å²) in [6.07, 6.45) is 1.84. The molecule has 0 saturated heterocycles. The van der Waals surface area contributed by atoms with Gasteiger partial charge in [0.2, 0.25) is 0 Å². The summed E-state index contributed by atoms with van der Waals surface area (Å²) in [5, 5.41) is 0. The van der Waals surface area contributed by atoms with Gasteiger partial charge in [-0.2, -0.15) is 30.3 Å². The first-order valence-corrected chi connectivity index (χ1v) is 18.5. The molecular weight excluding hydrogens is 811 g/mol. The van der Waals surface area contributed by atoms with E-state index in [9.17, 15) is 0 Å². The van der Waals surface area contributed by atoms with Crippen LogP contribution in [0.25, 0.3) is 11.3 Å². The first-order valence-electron chi connectivity index (χ1n) is 18.5. The fourth-order valence-corrected chi connectivity index (χ4v) is 8.86. The zero-order valence-corrected chi connectivity index (χ0v) is 35.5. The Kier molecular flexibility index (Phi) is 9.29. The van der Waals surface area contributed by atoms with Gasteiger partial charge in [0, 0.05) is 23.3 Å². The van der Waals surface area contributed by atoms with Crippen LogP contribution >= 0.6 is 0 Å². The molecule has 1 aliphatic heterocycles. The molecule has 0 atom stereocenters. The maximum atomic E-state index is 4.46. The Morgan fingerprint density at radius 3 is 1.60 bits per heavy atom. The molecule has 4 heteroatoms. The van der Waals surface area contributed by atoms with Gasteiger partial charge in [-0.1, -0.05) is 113 Å². The number of nitrogens with zero attached hydrogens (tertiary/aromatic N) is 3. The molecule has 2 heterocycles. The van der Waals surface area contributed by atoms with Crippen LogP contribution in [-0.4, -0.2) is 4.98 Å². The molecule has 1 aromatic heterocycles. The first-order chi connectivity index (χ1) is 23.9. The van der Waals surface area contributed by atoms with Gasteiger partial charge in [0.15, 0.2) is 0 Å². The van der Waals surface area contributed by atoms with Crippen molar-refractivity contribution in [3.05, 3.63) is 144 Å². The quantitative estimate of drug-likeness (QED) is 0.168. The second-order valence-corrected chi connectivity index (χ2v) is 18.0. The van der Waals surface area contributed by atoms with Gasteiger partial charge in [0.25, 0.3) is 0 Å². The zero-order chi connectivity index (χ0) is 36.8. The van der Waals surface area contributed by atoms with E-state index in [1.54, 1.807) is 0 Å². The van der Waals surface area contributed by atoms with E-state index in [-0.39, 0.29) is 52.6 Å². The smallest absolute Gasteiger partial charge is 0.493 e. The molecular formula is C48H54IrN3. The number of fused-ring (bicyclic) bond motifs is 3. The molecule has 3 aliphatic rings. The minimum absolute atomic E-state index is 0. The van der Waals surface area contributed by atoms with Crippen molar-refractivity contribution in [3.63, 3.8) is 0 Å². The molecule has 2 aliphatic carbocycles. The van der Waals surface area contributed by atoms with Crippen LogP contribution in [0, 0.1) is 29.6 Å². The van der Waals surface area contributed by atoms with Gasteiger partial charge in [-0.3, -0.25) is 0 Å². The first kappa shape index (κ1) is 38.0. The molecule has 0 N–H and O–H groups in total. The number of hydrogen-bond acceptors (Lipinski definition) is 3. The molecule has 0 saturated carbocycles. The molecule has 0 bridgehead atoms. The van der Waals surface area contributed by atoms with E-state index in [4.69, 9.17) is 0 Å². The van der Waals surface area contributed by atoms with Crippen LogP contribution in [0.15, 0.2) is 103 Å². The van der Waals surface area contributed by atoms with Crippen LogP contribution in [0.1, 0.15) is 105 Å². The number of rotatable bonds is 3. The summed E-state index contributed by atoms with van der Waals surface area (Å²) in [7, 11) is 0. The van der Waals surface area contributed by atoms with Crippen molar-refractivity contribution in [1.82, 2.24) is 4.98 Å². The Morgan fingerprint density at radius 2 is 1.06 bits per heavy atom. The van der Waals surface area contributed by atoms with Crippen molar-refractivity contribution in [3.8, 4) is 11.3 Å². The number of aromatic nitrogens is 1. The molecule has 0 radical (unpaired) electrons. The third-order valence-corrected chi connectivity index (χ3v) is 14.7. The van der Waals surface area contributed by atoms with Gasteiger partial charge in [0.1, 0.15) is 0 Å². The fourth-order valence-electron chi connectivity index (χ4n) is 8.86. The van der Waals surface area contributed by atoms with E-state index in [1.807, 2.05) is 30.5 Å². The number of pyridine rings is 1. The van der Waals surface area contributed by atoms with Crippen LogP contribution in [-0.2, 0) is 41.8 Å². The number of anilines is 4. The van der Waals surface area contributed by atoms with E-state index in [2.05, 4.69) is 189 Å². The fraction of sp³-hybridized carbons (Fsp3) is 0.375. The molecule has 52 heavy (non-hydrogen) atoms. The monoisotopic (exact) mass is 865 g/mol. The van der Waals surface area contributed by atoms with Crippen LogP contribution < -0.4 is 9.80 Å². The van der Waals surface area contributed by atoms with Crippen LogP contribution in [0.3, 0.4) is 0 Å². The summed E-state index contributed by atoms with van der Waals surface area (Å²) in [4.78, 5) is 9.05. The van der Waals surface area contributed by atoms with E-state index in [1.165, 1.54) is 39.3 Å². The van der Waals surface area contributed by atoms with Crippen molar-refractivity contribution < 1.29 is 20.1 Å². The van der Waals surface area contributed by atoms with Crippen LogP contribution in [0.4, 0.5) is 22.7 Å². The predicted molar refractivity (Wildman–Crippen MR) is 215 cm³/mol. The zero-order valence-electron chi connectivity index (χ0n) is 33.1. The summed E-state index contributed by atoms with van der Waals surface area (Å²) >= 11 is 0. The summed E-state index contributed by atoms with van der Waals surface area (Å²) in [6.45, 7) is 30.9. The Balaban J connectivity index is 0.000000186. The van der Waals surface area contributed by atoms with Gasteiger partial charge in [-0.15, -0.1) is 47.2 Å². The Labute approximate surface area is 327 Å². The van der Waals surface area contributed by atoms with Gasteiger partial charge >= 0.3 is 20.1 Å². The van der Waals surface area contributed by atoms with Gasteiger partial charge < -0.3 is 14.8 Å². The van der Waals surface area contributed by atoms with E-state index in [0.29, 0.717) is 0 Å². The molecule has 0 amide bonds. The van der Waals surface area contributed by atoms with E-state index < -0.39 is 0 Å². The molecule has 4 aromatic carbocycles. The average molecular weight is 865 g/mol. The Bertz CT molecular complexity index is 1990. The largest absolute Gasteiger partial charge is 3.00 e. The normalized spacial score (nSPS) is 20.2. The van der Waals surface area contributed by atoms with Gasteiger partial charge in [-0.05, 0) is 79.6 Å². The Morgan fingerprint density at radius 1 is 0.538 bits per heavy atom. The van der Waals surface area contributed by atoms with E-state index >= 15 is 0 Å². The maximum Gasteiger partial charge on any atom is 3.00 e. The topological polar surface area (TPSA) is 19.4 Å². The van der Waals surface area contributed by atoms with Crippen molar-refractivity contribution in [1.29, 1.82) is 0 Å². The molecule has 5 aromatic rings. The van der Waals surface area contributed by atoms with E-state index in [0.717, 1.165) is 16.9 Å². The van der Waals surface area contributed by atoms with Crippen molar-refractivity contribution >= 4 is 22.7 Å². The summed E-state index contributed by atoms with van der Waals surface area (Å²) in [6, 6.07) is 41.1. The second-order valence-electron chi connectivity index (χ2n) is 18.0. The average Bonchev–Trinajstić information content (AvgIpc) is 3.58. The number of para-hydroxylation sites is 2. The number of hydrogen-bond donors (Lipinski definition) is 0. The molecule has 3 nitrogen and oxygen atoms in total.